The van der Waals surface area contributed by atoms with Crippen LogP contribution in [-0.4, -0.2) is 20.8 Å². The Morgan fingerprint density at radius 3 is 1.77 bits per heavy atom. The maximum atomic E-state index is 6.17. The van der Waals surface area contributed by atoms with Gasteiger partial charge in [-0.2, -0.15) is 0 Å². The Kier molecular flexibility index (Phi) is 25.1. The Bertz CT molecular complexity index is 321. The van der Waals surface area contributed by atoms with Crippen molar-refractivity contribution in [3.63, 3.8) is 0 Å². The standard InChI is InChI=1S/C13H18Cl2O.2C2H6.CH5N/c1-10-8-12(14)11(13(15)9-10)6-4-3-5-7-16-2;3*1-2/h8-9H,3-7H2,1-2H3;2*1-2H3;2H2,1H3. The van der Waals surface area contributed by atoms with Crippen molar-refractivity contribution in [1.29, 1.82) is 0 Å². The van der Waals surface area contributed by atoms with E-state index >= 15 is 0 Å². The molecule has 22 heavy (non-hydrogen) atoms. The molecule has 0 saturated carbocycles. The topological polar surface area (TPSA) is 35.2 Å². The van der Waals surface area contributed by atoms with Crippen molar-refractivity contribution in [2.75, 3.05) is 20.8 Å². The molecule has 2 nitrogen and oxygen atoms in total. The van der Waals surface area contributed by atoms with Crippen LogP contribution in [0.15, 0.2) is 12.1 Å². The molecule has 0 atom stereocenters. The maximum Gasteiger partial charge on any atom is 0.0462 e. The van der Waals surface area contributed by atoms with Crippen LogP contribution in [0.3, 0.4) is 0 Å². The lowest BCUT2D eigenvalue weighted by Gasteiger charge is -2.08. The molecule has 1 aromatic carbocycles. The summed E-state index contributed by atoms with van der Waals surface area (Å²) in [4.78, 5) is 0. The van der Waals surface area contributed by atoms with E-state index in [9.17, 15) is 0 Å². The molecule has 0 heterocycles. The number of nitrogens with two attached hydrogens (primary N) is 1. The summed E-state index contributed by atoms with van der Waals surface area (Å²) in [6.45, 7) is 10.8. The van der Waals surface area contributed by atoms with E-state index in [2.05, 4.69) is 5.73 Å². The highest BCUT2D eigenvalue weighted by molar-refractivity contribution is 6.36. The molecular weight excluding hydrogens is 317 g/mol. The van der Waals surface area contributed by atoms with Crippen molar-refractivity contribution < 1.29 is 4.74 Å². The molecule has 0 spiro atoms. The average molecular weight is 352 g/mol. The van der Waals surface area contributed by atoms with Crippen LogP contribution in [0, 0.1) is 6.92 Å². The molecule has 0 unspecified atom stereocenters. The lowest BCUT2D eigenvalue weighted by atomic mass is 10.1. The van der Waals surface area contributed by atoms with Crippen LogP contribution in [0.25, 0.3) is 0 Å². The molecule has 0 aliphatic carbocycles. The zero-order chi connectivity index (χ0) is 18.0. The van der Waals surface area contributed by atoms with Gasteiger partial charge in [0.05, 0.1) is 0 Å². The average Bonchev–Trinajstić information content (AvgIpc) is 2.55. The molecule has 0 bridgehead atoms. The molecule has 1 aromatic rings. The van der Waals surface area contributed by atoms with Gasteiger partial charge in [0.2, 0.25) is 0 Å². The van der Waals surface area contributed by atoms with Crippen LogP contribution in [0.2, 0.25) is 10.0 Å². The lowest BCUT2D eigenvalue weighted by Crippen LogP contribution is -1.93. The molecule has 132 valence electrons. The van der Waals surface area contributed by atoms with Crippen molar-refractivity contribution in [2.45, 2.75) is 60.3 Å². The lowest BCUT2D eigenvalue weighted by molar-refractivity contribution is 0.192. The molecule has 0 aliphatic rings. The third kappa shape index (κ3) is 13.4. The van der Waals surface area contributed by atoms with Gasteiger partial charge >= 0.3 is 0 Å². The van der Waals surface area contributed by atoms with Crippen LogP contribution >= 0.6 is 23.2 Å². The van der Waals surface area contributed by atoms with Crippen molar-refractivity contribution in [3.05, 3.63) is 33.3 Å². The number of hydrogen-bond acceptors (Lipinski definition) is 2. The van der Waals surface area contributed by atoms with Crippen LogP contribution in [-0.2, 0) is 11.2 Å². The molecule has 0 radical (unpaired) electrons. The highest BCUT2D eigenvalue weighted by Crippen LogP contribution is 2.27. The van der Waals surface area contributed by atoms with Crippen molar-refractivity contribution >= 4 is 23.2 Å². The molecule has 0 saturated heterocycles. The Morgan fingerprint density at radius 2 is 1.36 bits per heavy atom. The number of ether oxygens (including phenoxy) is 1. The molecule has 0 aromatic heterocycles. The van der Waals surface area contributed by atoms with Gasteiger partial charge in [0, 0.05) is 23.8 Å². The minimum Gasteiger partial charge on any atom is -0.385 e. The molecule has 1 rings (SSSR count). The van der Waals surface area contributed by atoms with Gasteiger partial charge in [-0.15, -0.1) is 0 Å². The van der Waals surface area contributed by atoms with Crippen molar-refractivity contribution in [2.24, 2.45) is 5.73 Å². The number of unbranched alkanes of at least 4 members (excludes halogenated alkanes) is 2. The second-order valence-corrected chi connectivity index (χ2v) is 4.82. The number of halogens is 2. The minimum absolute atomic E-state index is 0.789. The fourth-order valence-electron chi connectivity index (χ4n) is 1.69. The van der Waals surface area contributed by atoms with Gasteiger partial charge in [-0.3, -0.25) is 0 Å². The van der Waals surface area contributed by atoms with E-state index in [1.54, 1.807) is 7.11 Å². The second kappa shape index (κ2) is 20.7. The SMILES string of the molecule is CC.CC.CN.COCCCCCc1c(Cl)cc(C)cc1Cl. The first-order chi connectivity index (χ1) is 10.6. The van der Waals surface area contributed by atoms with Crippen molar-refractivity contribution in [3.8, 4) is 0 Å². The summed E-state index contributed by atoms with van der Waals surface area (Å²) in [6, 6.07) is 3.94. The highest BCUT2D eigenvalue weighted by atomic mass is 35.5. The Morgan fingerprint density at radius 1 is 0.909 bits per heavy atom. The van der Waals surface area contributed by atoms with Gasteiger partial charge in [0.1, 0.15) is 0 Å². The monoisotopic (exact) mass is 351 g/mol. The third-order valence-electron chi connectivity index (χ3n) is 2.56. The zero-order valence-electron chi connectivity index (χ0n) is 15.4. The van der Waals surface area contributed by atoms with Gasteiger partial charge in [-0.25, -0.2) is 0 Å². The number of benzene rings is 1. The van der Waals surface area contributed by atoms with Gasteiger partial charge in [-0.05, 0) is 56.5 Å². The van der Waals surface area contributed by atoms with E-state index < -0.39 is 0 Å². The van der Waals surface area contributed by atoms with Gasteiger partial charge in [0.15, 0.2) is 0 Å². The van der Waals surface area contributed by atoms with Crippen LogP contribution in [0.4, 0.5) is 0 Å². The summed E-state index contributed by atoms with van der Waals surface area (Å²) in [5.74, 6) is 0. The van der Waals surface area contributed by atoms with E-state index in [0.29, 0.717) is 0 Å². The molecule has 0 fully saturated rings. The first-order valence-electron chi connectivity index (χ1n) is 8.16. The number of methoxy groups -OCH3 is 1. The van der Waals surface area contributed by atoms with E-state index in [0.717, 1.165) is 53.5 Å². The molecular formula is C18H35Cl2NO. The molecule has 0 aliphatic heterocycles. The number of aryl methyl sites for hydroxylation is 1. The predicted octanol–water partition coefficient (Wildman–Crippen LogP) is 6.29. The fraction of sp³-hybridized carbons (Fsp3) is 0.667. The van der Waals surface area contributed by atoms with Gasteiger partial charge in [-0.1, -0.05) is 57.3 Å². The maximum absolute atomic E-state index is 6.17. The van der Waals surface area contributed by atoms with Gasteiger partial charge in [0.25, 0.3) is 0 Å². The van der Waals surface area contributed by atoms with Crippen LogP contribution in [0.5, 0.6) is 0 Å². The Labute approximate surface area is 148 Å². The highest BCUT2D eigenvalue weighted by Gasteiger charge is 2.06. The largest absolute Gasteiger partial charge is 0.385 e. The van der Waals surface area contributed by atoms with E-state index in [4.69, 9.17) is 27.9 Å². The normalized spacial score (nSPS) is 8.64. The first kappa shape index (κ1) is 26.6. The van der Waals surface area contributed by atoms with Gasteiger partial charge < -0.3 is 10.5 Å². The summed E-state index contributed by atoms with van der Waals surface area (Å²) in [7, 11) is 3.23. The summed E-state index contributed by atoms with van der Waals surface area (Å²) < 4.78 is 5.01. The summed E-state index contributed by atoms with van der Waals surface area (Å²) in [5.41, 5.74) is 6.68. The van der Waals surface area contributed by atoms with Crippen LogP contribution in [0.1, 0.15) is 58.1 Å². The smallest absolute Gasteiger partial charge is 0.0462 e. The van der Waals surface area contributed by atoms with E-state index in [-0.39, 0.29) is 0 Å². The molecule has 4 heteroatoms. The predicted molar refractivity (Wildman–Crippen MR) is 103 cm³/mol. The number of hydrogen-bond donors (Lipinski definition) is 1. The quantitative estimate of drug-likeness (QED) is 0.611. The summed E-state index contributed by atoms with van der Waals surface area (Å²) in [6.07, 6.45) is 4.29. The molecule has 2 N–H and O–H groups in total. The first-order valence-corrected chi connectivity index (χ1v) is 8.92. The zero-order valence-corrected chi connectivity index (χ0v) is 16.9. The molecule has 0 amide bonds. The summed E-state index contributed by atoms with van der Waals surface area (Å²) in [5, 5.41) is 1.58. The Balaban J connectivity index is -0.000000535. The fourth-order valence-corrected chi connectivity index (χ4v) is 2.48. The van der Waals surface area contributed by atoms with E-state index in [1.807, 2.05) is 46.8 Å². The van der Waals surface area contributed by atoms with E-state index in [1.165, 1.54) is 7.05 Å². The second-order valence-electron chi connectivity index (χ2n) is 4.01. The number of rotatable bonds is 6. The third-order valence-corrected chi connectivity index (χ3v) is 3.24. The van der Waals surface area contributed by atoms with Crippen molar-refractivity contribution in [1.82, 2.24) is 0 Å². The summed E-state index contributed by atoms with van der Waals surface area (Å²) >= 11 is 12.3. The Hall–Kier alpha value is -0.280. The minimum atomic E-state index is 0.789. The van der Waals surface area contributed by atoms with Crippen LogP contribution < -0.4 is 5.73 Å².